The van der Waals surface area contributed by atoms with Crippen LogP contribution in [0, 0.1) is 25.3 Å². The molecule has 5 nitrogen and oxygen atoms in total. The SMILES string of the molecule is Nc1cccc(Oc2cc(F)cc(Cc3ccc(I)cc3F)c2[N+](=O)[O-])c1. The summed E-state index contributed by atoms with van der Waals surface area (Å²) in [5.74, 6) is -1.28. The molecule has 3 rings (SSSR count). The van der Waals surface area contributed by atoms with E-state index in [1.54, 1.807) is 24.3 Å². The maximum Gasteiger partial charge on any atom is 0.315 e. The predicted molar refractivity (Wildman–Crippen MR) is 106 cm³/mol. The molecule has 0 saturated heterocycles. The van der Waals surface area contributed by atoms with E-state index in [9.17, 15) is 18.9 Å². The van der Waals surface area contributed by atoms with Crippen LogP contribution in [0.5, 0.6) is 11.5 Å². The second-order valence-corrected chi connectivity index (χ2v) is 7.00. The summed E-state index contributed by atoms with van der Waals surface area (Å²) in [6.07, 6.45) is -0.149. The zero-order chi connectivity index (χ0) is 19.6. The molecule has 3 aromatic carbocycles. The molecule has 0 fully saturated rings. The van der Waals surface area contributed by atoms with Crippen molar-refractivity contribution in [3.63, 3.8) is 0 Å². The number of hydrogen-bond donors (Lipinski definition) is 1. The third kappa shape index (κ3) is 4.51. The highest BCUT2D eigenvalue weighted by Gasteiger charge is 2.24. The zero-order valence-electron chi connectivity index (χ0n) is 13.8. The summed E-state index contributed by atoms with van der Waals surface area (Å²) in [6.45, 7) is 0. The molecule has 0 aromatic heterocycles. The number of nitro groups is 1. The van der Waals surface area contributed by atoms with Gasteiger partial charge in [-0.1, -0.05) is 12.1 Å². The van der Waals surface area contributed by atoms with Crippen molar-refractivity contribution in [2.75, 3.05) is 5.73 Å². The fraction of sp³-hybridized carbons (Fsp3) is 0.0526. The van der Waals surface area contributed by atoms with Gasteiger partial charge in [0.2, 0.25) is 5.75 Å². The largest absolute Gasteiger partial charge is 0.450 e. The fourth-order valence-electron chi connectivity index (χ4n) is 2.62. The van der Waals surface area contributed by atoms with Gasteiger partial charge in [0.25, 0.3) is 0 Å². The number of nitro benzene ring substituents is 1. The van der Waals surface area contributed by atoms with Crippen molar-refractivity contribution >= 4 is 34.0 Å². The van der Waals surface area contributed by atoms with Gasteiger partial charge in [0.1, 0.15) is 17.4 Å². The summed E-state index contributed by atoms with van der Waals surface area (Å²) in [4.78, 5) is 11.0. The molecule has 27 heavy (non-hydrogen) atoms. The van der Waals surface area contributed by atoms with Crippen LogP contribution in [0.25, 0.3) is 0 Å². The van der Waals surface area contributed by atoms with E-state index in [0.717, 1.165) is 12.1 Å². The number of halogens is 3. The van der Waals surface area contributed by atoms with Crippen LogP contribution in [0.4, 0.5) is 20.2 Å². The van der Waals surface area contributed by atoms with Crippen LogP contribution in [0.3, 0.4) is 0 Å². The fourth-order valence-corrected chi connectivity index (χ4v) is 3.08. The number of benzene rings is 3. The van der Waals surface area contributed by atoms with Crippen molar-refractivity contribution in [2.45, 2.75) is 6.42 Å². The van der Waals surface area contributed by atoms with E-state index in [-0.39, 0.29) is 29.0 Å². The molecule has 0 spiro atoms. The van der Waals surface area contributed by atoms with Gasteiger partial charge in [0, 0.05) is 33.4 Å². The van der Waals surface area contributed by atoms with Gasteiger partial charge in [0.05, 0.1) is 4.92 Å². The Labute approximate surface area is 167 Å². The first-order valence-corrected chi connectivity index (χ1v) is 8.85. The first kappa shape index (κ1) is 19.0. The number of nitrogen functional groups attached to an aromatic ring is 1. The number of nitrogens with zero attached hydrogens (tertiary/aromatic N) is 1. The van der Waals surface area contributed by atoms with E-state index in [1.807, 2.05) is 22.6 Å². The summed E-state index contributed by atoms with van der Waals surface area (Å²) in [5, 5.41) is 11.6. The molecule has 8 heteroatoms. The lowest BCUT2D eigenvalue weighted by Crippen LogP contribution is -2.02. The normalized spacial score (nSPS) is 10.6. The van der Waals surface area contributed by atoms with Crippen molar-refractivity contribution < 1.29 is 18.4 Å². The molecule has 0 aliphatic heterocycles. The lowest BCUT2D eigenvalue weighted by molar-refractivity contribution is -0.386. The molecule has 2 N–H and O–H groups in total. The third-order valence-corrected chi connectivity index (χ3v) is 4.45. The number of nitrogens with two attached hydrogens (primary N) is 1. The Bertz CT molecular complexity index is 1030. The van der Waals surface area contributed by atoms with Crippen LogP contribution < -0.4 is 10.5 Å². The summed E-state index contributed by atoms with van der Waals surface area (Å²) in [5.41, 5.74) is 5.88. The van der Waals surface area contributed by atoms with Crippen LogP contribution in [-0.4, -0.2) is 4.92 Å². The second kappa shape index (κ2) is 7.87. The van der Waals surface area contributed by atoms with E-state index in [2.05, 4.69) is 0 Å². The van der Waals surface area contributed by atoms with Crippen LogP contribution in [-0.2, 0) is 6.42 Å². The van der Waals surface area contributed by atoms with E-state index < -0.39 is 22.2 Å². The molecular formula is C19H13F2IN2O3. The van der Waals surface area contributed by atoms with Gasteiger partial charge in [0.15, 0.2) is 0 Å². The molecule has 0 atom stereocenters. The number of ether oxygens (including phenoxy) is 1. The molecule has 0 bridgehead atoms. The monoisotopic (exact) mass is 482 g/mol. The lowest BCUT2D eigenvalue weighted by Gasteiger charge is -2.11. The molecule has 0 unspecified atom stereocenters. The van der Waals surface area contributed by atoms with E-state index in [0.29, 0.717) is 9.26 Å². The lowest BCUT2D eigenvalue weighted by atomic mass is 10.0. The van der Waals surface area contributed by atoms with Crippen LogP contribution in [0.15, 0.2) is 54.6 Å². The quantitative estimate of drug-likeness (QED) is 0.227. The number of hydrogen-bond acceptors (Lipinski definition) is 4. The van der Waals surface area contributed by atoms with Crippen molar-refractivity contribution in [3.8, 4) is 11.5 Å². The van der Waals surface area contributed by atoms with Crippen LogP contribution >= 0.6 is 22.6 Å². The van der Waals surface area contributed by atoms with Crippen molar-refractivity contribution in [2.24, 2.45) is 0 Å². The van der Waals surface area contributed by atoms with Gasteiger partial charge in [-0.3, -0.25) is 10.1 Å². The molecule has 0 aliphatic rings. The molecule has 0 aliphatic carbocycles. The summed E-state index contributed by atoms with van der Waals surface area (Å²) >= 11 is 1.96. The second-order valence-electron chi connectivity index (χ2n) is 5.76. The van der Waals surface area contributed by atoms with E-state index >= 15 is 0 Å². The highest BCUT2D eigenvalue weighted by atomic mass is 127. The van der Waals surface area contributed by atoms with Crippen molar-refractivity contribution in [1.29, 1.82) is 0 Å². The van der Waals surface area contributed by atoms with Gasteiger partial charge in [-0.05, 0) is 58.5 Å². The Morgan fingerprint density at radius 2 is 1.85 bits per heavy atom. The molecular weight excluding hydrogens is 469 g/mol. The average molecular weight is 482 g/mol. The van der Waals surface area contributed by atoms with Gasteiger partial charge in [-0.2, -0.15) is 0 Å². The maximum absolute atomic E-state index is 14.1. The Balaban J connectivity index is 2.06. The Hall–Kier alpha value is -2.75. The Kier molecular flexibility index (Phi) is 5.54. The van der Waals surface area contributed by atoms with Gasteiger partial charge >= 0.3 is 5.69 Å². The molecule has 138 valence electrons. The molecule has 0 saturated carbocycles. The highest BCUT2D eigenvalue weighted by molar-refractivity contribution is 14.1. The summed E-state index contributed by atoms with van der Waals surface area (Å²) < 4.78 is 34.4. The van der Waals surface area contributed by atoms with Crippen molar-refractivity contribution in [1.82, 2.24) is 0 Å². The van der Waals surface area contributed by atoms with E-state index in [1.165, 1.54) is 18.2 Å². The molecule has 3 aromatic rings. The standard InChI is InChI=1S/C19H13F2IN2O3/c20-13-7-12(6-11-4-5-14(22)9-17(11)21)19(24(25)26)18(8-13)27-16-3-1-2-15(23)10-16/h1-5,7-10H,6,23H2. The summed E-state index contributed by atoms with van der Waals surface area (Å²) in [6, 6.07) is 12.7. The number of anilines is 1. The zero-order valence-corrected chi connectivity index (χ0v) is 15.9. The minimum atomic E-state index is -0.722. The molecule has 0 amide bonds. The molecule has 0 radical (unpaired) electrons. The smallest absolute Gasteiger partial charge is 0.315 e. The Morgan fingerprint density at radius 3 is 2.52 bits per heavy atom. The van der Waals surface area contributed by atoms with Crippen LogP contribution in [0.2, 0.25) is 0 Å². The minimum Gasteiger partial charge on any atom is -0.450 e. The molecule has 0 heterocycles. The van der Waals surface area contributed by atoms with E-state index in [4.69, 9.17) is 10.5 Å². The third-order valence-electron chi connectivity index (χ3n) is 3.78. The maximum atomic E-state index is 14.1. The van der Waals surface area contributed by atoms with Gasteiger partial charge in [-0.25, -0.2) is 8.78 Å². The minimum absolute atomic E-state index is 0.0130. The topological polar surface area (TPSA) is 78.4 Å². The predicted octanol–water partition coefficient (Wildman–Crippen LogP) is 5.44. The first-order chi connectivity index (χ1) is 12.8. The first-order valence-electron chi connectivity index (χ1n) is 7.77. The van der Waals surface area contributed by atoms with Gasteiger partial charge in [-0.15, -0.1) is 0 Å². The van der Waals surface area contributed by atoms with Crippen molar-refractivity contribution in [3.05, 3.63) is 91.0 Å². The van der Waals surface area contributed by atoms with Crippen LogP contribution in [0.1, 0.15) is 11.1 Å². The summed E-state index contributed by atoms with van der Waals surface area (Å²) in [7, 11) is 0. The average Bonchev–Trinajstić information content (AvgIpc) is 2.56. The Morgan fingerprint density at radius 1 is 1.07 bits per heavy atom. The highest BCUT2D eigenvalue weighted by Crippen LogP contribution is 2.37. The van der Waals surface area contributed by atoms with Gasteiger partial charge < -0.3 is 10.5 Å². The number of rotatable bonds is 5.